The first-order valence-electron chi connectivity index (χ1n) is 5.59. The summed E-state index contributed by atoms with van der Waals surface area (Å²) in [5, 5.41) is 28.8. The van der Waals surface area contributed by atoms with Gasteiger partial charge in [-0.25, -0.2) is 0 Å². The fourth-order valence-corrected chi connectivity index (χ4v) is 1.93. The van der Waals surface area contributed by atoms with Crippen LogP contribution < -0.4 is 5.73 Å². The smallest absolute Gasteiger partial charge is 0.292 e. The summed E-state index contributed by atoms with van der Waals surface area (Å²) >= 11 is 0. The van der Waals surface area contributed by atoms with E-state index in [1.165, 1.54) is 0 Å². The van der Waals surface area contributed by atoms with E-state index in [0.717, 1.165) is 12.1 Å². The van der Waals surface area contributed by atoms with E-state index in [-0.39, 0.29) is 16.8 Å². The van der Waals surface area contributed by atoms with Crippen molar-refractivity contribution in [2.75, 3.05) is 18.9 Å². The number of nitrogen functional groups attached to an aromatic ring is 1. The summed E-state index contributed by atoms with van der Waals surface area (Å²) < 4.78 is 0. The number of carbonyl (C=O) groups is 2. The van der Waals surface area contributed by atoms with Crippen LogP contribution in [0.1, 0.15) is 20.7 Å². The van der Waals surface area contributed by atoms with Crippen LogP contribution in [0.15, 0.2) is 12.1 Å². The van der Waals surface area contributed by atoms with Crippen LogP contribution in [-0.2, 0) is 0 Å². The van der Waals surface area contributed by atoms with Gasteiger partial charge in [-0.15, -0.1) is 0 Å². The van der Waals surface area contributed by atoms with Gasteiger partial charge in [0.05, 0.1) is 35.3 Å². The molecule has 9 nitrogen and oxygen atoms in total. The molecule has 1 heterocycles. The van der Waals surface area contributed by atoms with Crippen LogP contribution in [0.2, 0.25) is 0 Å². The van der Waals surface area contributed by atoms with Gasteiger partial charge in [0.25, 0.3) is 17.5 Å². The van der Waals surface area contributed by atoms with Crippen LogP contribution in [0.4, 0.5) is 11.4 Å². The zero-order valence-electron chi connectivity index (χ0n) is 10.1. The Morgan fingerprint density at radius 2 is 1.85 bits per heavy atom. The Morgan fingerprint density at radius 3 is 2.35 bits per heavy atom. The van der Waals surface area contributed by atoms with Crippen molar-refractivity contribution in [1.82, 2.24) is 4.90 Å². The van der Waals surface area contributed by atoms with Crippen molar-refractivity contribution >= 4 is 23.2 Å². The maximum Gasteiger partial charge on any atom is 0.292 e. The lowest BCUT2D eigenvalue weighted by Crippen LogP contribution is -2.38. The van der Waals surface area contributed by atoms with Crippen LogP contribution in [0.25, 0.3) is 0 Å². The summed E-state index contributed by atoms with van der Waals surface area (Å²) in [4.78, 5) is 34.7. The number of aliphatic hydroxyl groups excluding tert-OH is 2. The first-order valence-corrected chi connectivity index (χ1v) is 5.59. The van der Waals surface area contributed by atoms with Crippen molar-refractivity contribution in [3.63, 3.8) is 0 Å². The number of benzene rings is 1. The van der Waals surface area contributed by atoms with Gasteiger partial charge in [-0.05, 0) is 6.07 Å². The number of nitro groups is 1. The number of β-amino-alcohol motifs (C(OH)–C–C–N with tert-alkyl or cyclic N) is 1. The molecule has 4 N–H and O–H groups in total. The molecule has 2 rings (SSSR count). The molecule has 1 atom stereocenters. The number of anilines is 1. The monoisotopic (exact) mass is 281 g/mol. The second kappa shape index (κ2) is 4.87. The number of carbonyl (C=O) groups excluding carboxylic acids is 2. The zero-order chi connectivity index (χ0) is 15.0. The second-order valence-electron chi connectivity index (χ2n) is 4.27. The van der Waals surface area contributed by atoms with Crippen LogP contribution >= 0.6 is 0 Å². The molecule has 1 aliphatic rings. The van der Waals surface area contributed by atoms with Gasteiger partial charge >= 0.3 is 0 Å². The van der Waals surface area contributed by atoms with Gasteiger partial charge in [-0.2, -0.15) is 0 Å². The molecule has 0 aromatic heterocycles. The topological polar surface area (TPSA) is 147 Å². The van der Waals surface area contributed by atoms with Gasteiger partial charge in [0.2, 0.25) is 0 Å². The summed E-state index contributed by atoms with van der Waals surface area (Å²) in [6, 6.07) is 2.01. The molecule has 0 aliphatic carbocycles. The number of imide groups is 1. The Morgan fingerprint density at radius 1 is 1.30 bits per heavy atom. The van der Waals surface area contributed by atoms with Gasteiger partial charge in [0.1, 0.15) is 5.69 Å². The summed E-state index contributed by atoms with van der Waals surface area (Å²) in [5.41, 5.74) is 4.59. The molecule has 106 valence electrons. The zero-order valence-corrected chi connectivity index (χ0v) is 10.1. The fraction of sp³-hybridized carbons (Fsp3) is 0.273. The van der Waals surface area contributed by atoms with Crippen LogP contribution in [-0.4, -0.2) is 51.1 Å². The van der Waals surface area contributed by atoms with E-state index < -0.39 is 41.7 Å². The van der Waals surface area contributed by atoms with Gasteiger partial charge < -0.3 is 15.9 Å². The van der Waals surface area contributed by atoms with Crippen molar-refractivity contribution in [1.29, 1.82) is 0 Å². The Balaban J connectivity index is 2.44. The Hall–Kier alpha value is -2.52. The number of nitro benzene ring substituents is 1. The van der Waals surface area contributed by atoms with E-state index in [0.29, 0.717) is 4.90 Å². The maximum atomic E-state index is 12.0. The highest BCUT2D eigenvalue weighted by Gasteiger charge is 2.38. The molecule has 0 saturated heterocycles. The van der Waals surface area contributed by atoms with Crippen molar-refractivity contribution in [3.8, 4) is 0 Å². The third-order valence-electron chi connectivity index (χ3n) is 2.92. The van der Waals surface area contributed by atoms with Crippen molar-refractivity contribution in [3.05, 3.63) is 33.4 Å². The first-order chi connectivity index (χ1) is 9.36. The van der Waals surface area contributed by atoms with Crippen molar-refractivity contribution < 1.29 is 24.7 Å². The molecule has 0 radical (unpaired) electrons. The number of fused-ring (bicyclic) bond motifs is 1. The second-order valence-corrected chi connectivity index (χ2v) is 4.27. The third kappa shape index (κ3) is 2.08. The predicted octanol–water partition coefficient (Wildman–Crippen LogP) is -0.874. The maximum absolute atomic E-state index is 12.0. The Labute approximate surface area is 112 Å². The van der Waals surface area contributed by atoms with Gasteiger partial charge in [-0.1, -0.05) is 0 Å². The molecule has 9 heteroatoms. The van der Waals surface area contributed by atoms with E-state index in [1.54, 1.807) is 0 Å². The highest BCUT2D eigenvalue weighted by molar-refractivity contribution is 6.22. The quantitative estimate of drug-likeness (QED) is 0.281. The number of nitrogens with two attached hydrogens (primary N) is 1. The molecule has 0 spiro atoms. The summed E-state index contributed by atoms with van der Waals surface area (Å²) in [6.07, 6.45) is -1.27. The number of nitrogens with zero attached hydrogens (tertiary/aromatic N) is 2. The molecule has 0 bridgehead atoms. The van der Waals surface area contributed by atoms with E-state index in [2.05, 4.69) is 0 Å². The molecule has 2 amide bonds. The lowest BCUT2D eigenvalue weighted by atomic mass is 10.1. The van der Waals surface area contributed by atoms with Crippen molar-refractivity contribution in [2.45, 2.75) is 6.10 Å². The summed E-state index contributed by atoms with van der Waals surface area (Å²) in [7, 11) is 0. The average molecular weight is 281 g/mol. The minimum atomic E-state index is -1.27. The van der Waals surface area contributed by atoms with E-state index in [9.17, 15) is 24.8 Å². The molecule has 20 heavy (non-hydrogen) atoms. The molecular weight excluding hydrogens is 270 g/mol. The number of hydrogen-bond donors (Lipinski definition) is 3. The molecule has 1 aliphatic heterocycles. The standard InChI is InChI=1S/C11H11N3O6/c12-8-1-6-7(2-9(8)14(19)20)11(18)13(10(6)17)3-5(16)4-15/h1-2,5,15-16H,3-4,12H2/t5-/m1/s1. The number of aliphatic hydroxyl groups is 2. The van der Waals surface area contributed by atoms with Gasteiger partial charge in [-0.3, -0.25) is 24.6 Å². The van der Waals surface area contributed by atoms with E-state index in [1.807, 2.05) is 0 Å². The van der Waals surface area contributed by atoms with Gasteiger partial charge in [0, 0.05) is 6.07 Å². The average Bonchev–Trinajstić information content (AvgIpc) is 2.62. The molecule has 0 fully saturated rings. The number of hydrogen-bond acceptors (Lipinski definition) is 7. The van der Waals surface area contributed by atoms with E-state index in [4.69, 9.17) is 10.8 Å². The lowest BCUT2D eigenvalue weighted by Gasteiger charge is -2.16. The molecule has 1 aromatic carbocycles. The first kappa shape index (κ1) is 13.9. The highest BCUT2D eigenvalue weighted by atomic mass is 16.6. The molecular formula is C11H11N3O6. The Kier molecular flexibility index (Phi) is 3.38. The third-order valence-corrected chi connectivity index (χ3v) is 2.92. The van der Waals surface area contributed by atoms with E-state index >= 15 is 0 Å². The predicted molar refractivity (Wildman–Crippen MR) is 66.0 cm³/mol. The summed E-state index contributed by atoms with van der Waals surface area (Å²) in [5.74, 6) is -1.47. The molecule has 1 aromatic rings. The number of rotatable bonds is 4. The van der Waals surface area contributed by atoms with Crippen LogP contribution in [0.5, 0.6) is 0 Å². The normalized spacial score (nSPS) is 15.4. The lowest BCUT2D eigenvalue weighted by molar-refractivity contribution is -0.383. The minimum absolute atomic E-state index is 0.0526. The fourth-order valence-electron chi connectivity index (χ4n) is 1.93. The summed E-state index contributed by atoms with van der Waals surface area (Å²) in [6.45, 7) is -1.01. The molecule has 0 unspecified atom stereocenters. The largest absolute Gasteiger partial charge is 0.394 e. The molecule has 0 saturated carbocycles. The highest BCUT2D eigenvalue weighted by Crippen LogP contribution is 2.31. The van der Waals surface area contributed by atoms with Crippen molar-refractivity contribution in [2.24, 2.45) is 0 Å². The van der Waals surface area contributed by atoms with Crippen LogP contribution in [0, 0.1) is 10.1 Å². The minimum Gasteiger partial charge on any atom is -0.394 e. The Bertz CT molecular complexity index is 614. The van der Waals surface area contributed by atoms with Gasteiger partial charge in [0.15, 0.2) is 0 Å². The van der Waals surface area contributed by atoms with Crippen LogP contribution in [0.3, 0.4) is 0 Å². The number of amides is 2. The SMILES string of the molecule is Nc1cc2c(cc1[N+](=O)[O-])C(=O)N(C[C@@H](O)CO)C2=O.